The summed E-state index contributed by atoms with van der Waals surface area (Å²) >= 11 is 0. The van der Waals surface area contributed by atoms with Crippen molar-refractivity contribution in [2.45, 2.75) is 26.3 Å². The van der Waals surface area contributed by atoms with Crippen molar-refractivity contribution < 1.29 is 8.42 Å². The summed E-state index contributed by atoms with van der Waals surface area (Å²) in [6.07, 6.45) is 0.864. The fraction of sp³-hybridized carbons (Fsp3) is 1.00. The van der Waals surface area contributed by atoms with E-state index in [1.165, 1.54) is 0 Å². The van der Waals surface area contributed by atoms with Crippen LogP contribution >= 0.6 is 0 Å². The van der Waals surface area contributed by atoms with Gasteiger partial charge in [-0.05, 0) is 18.9 Å². The summed E-state index contributed by atoms with van der Waals surface area (Å²) in [4.78, 5) is 0. The first-order valence-electron chi connectivity index (χ1n) is 4.97. The molecule has 0 aliphatic carbocycles. The Morgan fingerprint density at radius 3 is 2.71 bits per heavy atom. The van der Waals surface area contributed by atoms with E-state index in [0.29, 0.717) is 12.5 Å². The molecule has 14 heavy (non-hydrogen) atoms. The van der Waals surface area contributed by atoms with Crippen LogP contribution in [0.3, 0.4) is 0 Å². The van der Waals surface area contributed by atoms with E-state index in [-0.39, 0.29) is 6.04 Å². The third kappa shape index (κ3) is 4.36. The molecule has 84 valence electrons. The van der Waals surface area contributed by atoms with Crippen LogP contribution in [0.4, 0.5) is 0 Å². The smallest absolute Gasteiger partial charge is 0.277 e. The first kappa shape index (κ1) is 11.9. The summed E-state index contributed by atoms with van der Waals surface area (Å²) in [7, 11) is -3.30. The third-order valence-corrected chi connectivity index (χ3v) is 3.25. The van der Waals surface area contributed by atoms with Crippen LogP contribution in [0, 0.1) is 5.92 Å². The Bertz CT molecular complexity index is 258. The van der Waals surface area contributed by atoms with Crippen molar-refractivity contribution in [1.29, 1.82) is 0 Å². The second kappa shape index (κ2) is 5.06. The van der Waals surface area contributed by atoms with E-state index in [2.05, 4.69) is 14.8 Å². The predicted octanol–water partition coefficient (Wildman–Crippen LogP) is -0.572. The predicted molar refractivity (Wildman–Crippen MR) is 56.2 cm³/mol. The quantitative estimate of drug-likeness (QED) is 0.582. The Hall–Kier alpha value is -0.170. The van der Waals surface area contributed by atoms with Gasteiger partial charge in [0.15, 0.2) is 0 Å². The number of hydrogen-bond acceptors (Lipinski definition) is 3. The standard InChI is InChI=1S/C8H19N3O2S/c1-7(2)5-10-14(12,13)11-8-3-4-9-6-8/h7-11H,3-6H2,1-2H3. The van der Waals surface area contributed by atoms with Crippen LogP contribution in [-0.4, -0.2) is 34.1 Å². The summed E-state index contributed by atoms with van der Waals surface area (Å²) < 4.78 is 28.0. The highest BCUT2D eigenvalue weighted by molar-refractivity contribution is 7.87. The second-order valence-corrected chi connectivity index (χ2v) is 5.58. The molecule has 0 spiro atoms. The zero-order valence-electron chi connectivity index (χ0n) is 8.71. The van der Waals surface area contributed by atoms with Crippen molar-refractivity contribution in [1.82, 2.24) is 14.8 Å². The van der Waals surface area contributed by atoms with Crippen LogP contribution in [0.1, 0.15) is 20.3 Å². The second-order valence-electron chi connectivity index (χ2n) is 4.05. The van der Waals surface area contributed by atoms with E-state index in [1.807, 2.05) is 13.8 Å². The van der Waals surface area contributed by atoms with E-state index in [0.717, 1.165) is 19.5 Å². The van der Waals surface area contributed by atoms with Crippen molar-refractivity contribution in [2.75, 3.05) is 19.6 Å². The molecule has 0 aromatic rings. The largest absolute Gasteiger partial charge is 0.315 e. The van der Waals surface area contributed by atoms with Crippen molar-refractivity contribution >= 4 is 10.2 Å². The normalized spacial score (nSPS) is 23.2. The molecule has 0 bridgehead atoms. The Labute approximate surface area is 85.8 Å². The lowest BCUT2D eigenvalue weighted by atomic mass is 10.2. The lowest BCUT2D eigenvalue weighted by molar-refractivity contribution is 0.531. The average molecular weight is 221 g/mol. The molecule has 1 aliphatic heterocycles. The first-order chi connectivity index (χ1) is 6.49. The maximum absolute atomic E-state index is 11.4. The van der Waals surface area contributed by atoms with Crippen molar-refractivity contribution in [2.24, 2.45) is 5.92 Å². The van der Waals surface area contributed by atoms with Crippen LogP contribution < -0.4 is 14.8 Å². The SMILES string of the molecule is CC(C)CNS(=O)(=O)NC1CCNC1. The van der Waals surface area contributed by atoms with Crippen LogP contribution in [0.5, 0.6) is 0 Å². The fourth-order valence-electron chi connectivity index (χ4n) is 1.29. The molecule has 1 rings (SSSR count). The van der Waals surface area contributed by atoms with Crippen molar-refractivity contribution in [3.8, 4) is 0 Å². The van der Waals surface area contributed by atoms with E-state index >= 15 is 0 Å². The van der Waals surface area contributed by atoms with Gasteiger partial charge < -0.3 is 5.32 Å². The van der Waals surface area contributed by atoms with Gasteiger partial charge in [-0.2, -0.15) is 13.1 Å². The van der Waals surface area contributed by atoms with E-state index in [1.54, 1.807) is 0 Å². The van der Waals surface area contributed by atoms with E-state index in [9.17, 15) is 8.42 Å². The molecule has 5 nitrogen and oxygen atoms in total. The van der Waals surface area contributed by atoms with Crippen LogP contribution in [-0.2, 0) is 10.2 Å². The van der Waals surface area contributed by atoms with Gasteiger partial charge in [0.05, 0.1) is 0 Å². The molecule has 1 fully saturated rings. The number of nitrogens with one attached hydrogen (secondary N) is 3. The van der Waals surface area contributed by atoms with Gasteiger partial charge in [-0.15, -0.1) is 0 Å². The van der Waals surface area contributed by atoms with Gasteiger partial charge in [0.25, 0.3) is 10.2 Å². The van der Waals surface area contributed by atoms with Crippen LogP contribution in [0.25, 0.3) is 0 Å². The average Bonchev–Trinajstić information content (AvgIpc) is 2.53. The Morgan fingerprint density at radius 2 is 2.21 bits per heavy atom. The molecule has 3 N–H and O–H groups in total. The maximum Gasteiger partial charge on any atom is 0.277 e. The summed E-state index contributed by atoms with van der Waals surface area (Å²) in [6, 6.07) is 0.0414. The molecular weight excluding hydrogens is 202 g/mol. The van der Waals surface area contributed by atoms with Gasteiger partial charge in [-0.3, -0.25) is 0 Å². The summed E-state index contributed by atoms with van der Waals surface area (Å²) in [6.45, 7) is 6.04. The zero-order valence-corrected chi connectivity index (χ0v) is 9.52. The Morgan fingerprint density at radius 1 is 1.50 bits per heavy atom. The molecule has 1 atom stereocenters. The monoisotopic (exact) mass is 221 g/mol. The molecule has 1 unspecified atom stereocenters. The highest BCUT2D eigenvalue weighted by Gasteiger charge is 2.20. The van der Waals surface area contributed by atoms with Gasteiger partial charge in [0.2, 0.25) is 0 Å². The Balaban J connectivity index is 2.33. The molecule has 0 radical (unpaired) electrons. The van der Waals surface area contributed by atoms with Gasteiger partial charge in [-0.1, -0.05) is 13.8 Å². The summed E-state index contributed by atoms with van der Waals surface area (Å²) in [5.74, 6) is 0.327. The minimum Gasteiger partial charge on any atom is -0.315 e. The zero-order chi connectivity index (χ0) is 10.6. The lowest BCUT2D eigenvalue weighted by Gasteiger charge is -2.13. The Kier molecular flexibility index (Phi) is 4.31. The van der Waals surface area contributed by atoms with Crippen LogP contribution in [0.15, 0.2) is 0 Å². The van der Waals surface area contributed by atoms with Crippen LogP contribution in [0.2, 0.25) is 0 Å². The maximum atomic E-state index is 11.4. The topological polar surface area (TPSA) is 70.2 Å². The molecule has 1 saturated heterocycles. The number of rotatable bonds is 5. The molecule has 1 heterocycles. The minimum atomic E-state index is -3.30. The summed E-state index contributed by atoms with van der Waals surface area (Å²) in [5.41, 5.74) is 0. The lowest BCUT2D eigenvalue weighted by Crippen LogP contribution is -2.44. The van der Waals surface area contributed by atoms with Gasteiger partial charge >= 0.3 is 0 Å². The van der Waals surface area contributed by atoms with Gasteiger partial charge in [-0.25, -0.2) is 4.72 Å². The van der Waals surface area contributed by atoms with E-state index in [4.69, 9.17) is 0 Å². The van der Waals surface area contributed by atoms with E-state index < -0.39 is 10.2 Å². The van der Waals surface area contributed by atoms with Gasteiger partial charge in [0.1, 0.15) is 0 Å². The summed E-state index contributed by atoms with van der Waals surface area (Å²) in [5, 5.41) is 3.11. The molecule has 0 amide bonds. The molecule has 0 aromatic heterocycles. The fourth-order valence-corrected chi connectivity index (χ4v) is 2.57. The molecule has 0 aromatic carbocycles. The third-order valence-electron chi connectivity index (χ3n) is 2.06. The highest BCUT2D eigenvalue weighted by Crippen LogP contribution is 1.98. The molecular formula is C8H19N3O2S. The first-order valence-corrected chi connectivity index (χ1v) is 6.45. The minimum absolute atomic E-state index is 0.0414. The van der Waals surface area contributed by atoms with Gasteiger partial charge in [0, 0.05) is 19.1 Å². The van der Waals surface area contributed by atoms with Crippen molar-refractivity contribution in [3.63, 3.8) is 0 Å². The highest BCUT2D eigenvalue weighted by atomic mass is 32.2. The number of hydrogen-bond donors (Lipinski definition) is 3. The molecule has 1 aliphatic rings. The molecule has 0 saturated carbocycles. The molecule has 6 heteroatoms. The van der Waals surface area contributed by atoms with Crippen molar-refractivity contribution in [3.05, 3.63) is 0 Å².